The van der Waals surface area contributed by atoms with Gasteiger partial charge in [0.25, 0.3) is 5.91 Å². The molecule has 4 rings (SSSR count). The molecular formula is C19H15N5O2. The molecule has 0 aliphatic rings. The summed E-state index contributed by atoms with van der Waals surface area (Å²) in [5.74, 6) is 0.515. The van der Waals surface area contributed by atoms with Gasteiger partial charge in [0.05, 0.1) is 17.9 Å². The predicted octanol–water partition coefficient (Wildman–Crippen LogP) is 2.70. The number of carbonyl (C=O) groups excluding carboxylic acids is 1. The molecule has 26 heavy (non-hydrogen) atoms. The molecule has 0 bridgehead atoms. The molecule has 3 aromatic heterocycles. The second kappa shape index (κ2) is 6.61. The summed E-state index contributed by atoms with van der Waals surface area (Å²) >= 11 is 0. The zero-order valence-electron chi connectivity index (χ0n) is 13.8. The lowest BCUT2D eigenvalue weighted by atomic mass is 10.1. The number of fused-ring (bicyclic) bond motifs is 1. The lowest BCUT2D eigenvalue weighted by molar-refractivity contribution is 0.0952. The number of imidazole rings is 1. The third-order valence-corrected chi connectivity index (χ3v) is 4.06. The van der Waals surface area contributed by atoms with Crippen LogP contribution in [-0.2, 0) is 6.54 Å². The number of nitrogens with zero attached hydrogens (tertiary/aromatic N) is 4. The Hall–Kier alpha value is -3.79. The number of hydrogen-bond acceptors (Lipinski definition) is 4. The predicted molar refractivity (Wildman–Crippen MR) is 94.4 cm³/mol. The van der Waals surface area contributed by atoms with E-state index in [1.807, 2.05) is 41.2 Å². The highest BCUT2D eigenvalue weighted by Crippen LogP contribution is 2.20. The topological polar surface area (TPSA) is 88.3 Å². The first kappa shape index (κ1) is 15.7. The smallest absolute Gasteiger partial charge is 0.251 e. The lowest BCUT2D eigenvalue weighted by Gasteiger charge is -2.06. The highest BCUT2D eigenvalue weighted by atomic mass is 16.3. The summed E-state index contributed by atoms with van der Waals surface area (Å²) in [4.78, 5) is 12.2. The van der Waals surface area contributed by atoms with Crippen LogP contribution in [0.4, 0.5) is 0 Å². The van der Waals surface area contributed by atoms with Crippen LogP contribution in [0.15, 0.2) is 65.5 Å². The Labute approximate surface area is 149 Å². The molecule has 0 fully saturated rings. The van der Waals surface area contributed by atoms with Gasteiger partial charge in [-0.3, -0.25) is 4.79 Å². The van der Waals surface area contributed by atoms with Gasteiger partial charge in [-0.15, -0.1) is 0 Å². The summed E-state index contributed by atoms with van der Waals surface area (Å²) in [6, 6.07) is 14.3. The normalized spacial score (nSPS) is 10.7. The quantitative estimate of drug-likeness (QED) is 0.602. The molecule has 0 radical (unpaired) electrons. The van der Waals surface area contributed by atoms with Crippen LogP contribution < -0.4 is 5.32 Å². The SMILES string of the molecule is N#Cc1cccc(C(=O)NCCn2ccn3nc(-c4ccco4)cc23)c1. The Balaban J connectivity index is 1.43. The van der Waals surface area contributed by atoms with Crippen molar-refractivity contribution in [2.24, 2.45) is 0 Å². The van der Waals surface area contributed by atoms with E-state index < -0.39 is 0 Å². The summed E-state index contributed by atoms with van der Waals surface area (Å²) in [6.07, 6.45) is 5.39. The van der Waals surface area contributed by atoms with Crippen LogP contribution in [0.3, 0.4) is 0 Å². The number of hydrogen-bond donors (Lipinski definition) is 1. The Morgan fingerprint density at radius 2 is 2.15 bits per heavy atom. The Morgan fingerprint density at radius 3 is 2.96 bits per heavy atom. The zero-order valence-corrected chi connectivity index (χ0v) is 13.8. The second-order valence-electron chi connectivity index (χ2n) is 5.75. The highest BCUT2D eigenvalue weighted by Gasteiger charge is 2.10. The fourth-order valence-corrected chi connectivity index (χ4v) is 2.78. The third kappa shape index (κ3) is 2.96. The molecule has 1 N–H and O–H groups in total. The van der Waals surface area contributed by atoms with E-state index in [2.05, 4.69) is 10.4 Å². The molecule has 0 atom stereocenters. The summed E-state index contributed by atoms with van der Waals surface area (Å²) in [6.45, 7) is 1.06. The summed E-state index contributed by atoms with van der Waals surface area (Å²) in [5, 5.41) is 16.3. The average molecular weight is 345 g/mol. The molecule has 7 nitrogen and oxygen atoms in total. The van der Waals surface area contributed by atoms with Crippen LogP contribution in [0.5, 0.6) is 0 Å². The number of carbonyl (C=O) groups is 1. The van der Waals surface area contributed by atoms with Crippen molar-refractivity contribution < 1.29 is 9.21 Å². The fourth-order valence-electron chi connectivity index (χ4n) is 2.78. The van der Waals surface area contributed by atoms with Gasteiger partial charge in [-0.05, 0) is 30.3 Å². The Morgan fingerprint density at radius 1 is 1.23 bits per heavy atom. The van der Waals surface area contributed by atoms with Gasteiger partial charge >= 0.3 is 0 Å². The first-order valence-corrected chi connectivity index (χ1v) is 8.11. The van der Waals surface area contributed by atoms with E-state index in [4.69, 9.17) is 9.68 Å². The van der Waals surface area contributed by atoms with Crippen LogP contribution in [0, 0.1) is 11.3 Å². The maximum Gasteiger partial charge on any atom is 0.251 e. The van der Waals surface area contributed by atoms with Crippen molar-refractivity contribution in [2.45, 2.75) is 6.54 Å². The van der Waals surface area contributed by atoms with Gasteiger partial charge in [0, 0.05) is 37.1 Å². The molecule has 0 spiro atoms. The largest absolute Gasteiger partial charge is 0.463 e. The van der Waals surface area contributed by atoms with Gasteiger partial charge in [-0.1, -0.05) is 6.07 Å². The van der Waals surface area contributed by atoms with E-state index >= 15 is 0 Å². The number of amides is 1. The maximum absolute atomic E-state index is 12.2. The van der Waals surface area contributed by atoms with Gasteiger partial charge in [-0.2, -0.15) is 10.4 Å². The number of nitrogens with one attached hydrogen (secondary N) is 1. The summed E-state index contributed by atoms with van der Waals surface area (Å²) in [7, 11) is 0. The number of aromatic nitrogens is 3. The standard InChI is InChI=1S/C19H15N5O2/c20-13-14-3-1-4-15(11-14)19(25)21-6-7-23-8-9-24-18(23)12-16(22-24)17-5-2-10-26-17/h1-5,8-12H,6-7H2,(H,21,25). The van der Waals surface area contributed by atoms with Gasteiger partial charge in [0.1, 0.15) is 11.3 Å². The minimum absolute atomic E-state index is 0.199. The van der Waals surface area contributed by atoms with E-state index in [1.54, 1.807) is 35.0 Å². The van der Waals surface area contributed by atoms with Crippen molar-refractivity contribution in [3.8, 4) is 17.5 Å². The first-order valence-electron chi connectivity index (χ1n) is 8.11. The third-order valence-electron chi connectivity index (χ3n) is 4.06. The minimum Gasteiger partial charge on any atom is -0.463 e. The molecule has 0 aliphatic heterocycles. The molecule has 3 heterocycles. The number of rotatable bonds is 5. The van der Waals surface area contributed by atoms with E-state index in [-0.39, 0.29) is 5.91 Å². The van der Waals surface area contributed by atoms with E-state index in [0.717, 1.165) is 11.3 Å². The monoisotopic (exact) mass is 345 g/mol. The highest BCUT2D eigenvalue weighted by molar-refractivity contribution is 5.94. The summed E-state index contributed by atoms with van der Waals surface area (Å²) < 4.78 is 9.15. The summed E-state index contributed by atoms with van der Waals surface area (Å²) in [5.41, 5.74) is 2.62. The van der Waals surface area contributed by atoms with E-state index in [1.165, 1.54) is 0 Å². The fraction of sp³-hybridized carbons (Fsp3) is 0.105. The molecule has 128 valence electrons. The van der Waals surface area contributed by atoms with Crippen molar-refractivity contribution in [1.82, 2.24) is 19.5 Å². The Bertz CT molecular complexity index is 1100. The van der Waals surface area contributed by atoms with Crippen LogP contribution in [0.1, 0.15) is 15.9 Å². The molecule has 0 unspecified atom stereocenters. The van der Waals surface area contributed by atoms with Crippen molar-refractivity contribution in [1.29, 1.82) is 5.26 Å². The second-order valence-corrected chi connectivity index (χ2v) is 5.75. The molecule has 0 saturated heterocycles. The number of furan rings is 1. The van der Waals surface area contributed by atoms with E-state index in [9.17, 15) is 4.79 Å². The molecule has 1 amide bonds. The zero-order chi connectivity index (χ0) is 17.9. The molecule has 4 aromatic rings. The number of benzene rings is 1. The van der Waals surface area contributed by atoms with Gasteiger partial charge in [0.15, 0.2) is 5.76 Å². The van der Waals surface area contributed by atoms with Crippen molar-refractivity contribution in [3.05, 3.63) is 72.2 Å². The van der Waals surface area contributed by atoms with Crippen molar-refractivity contribution in [2.75, 3.05) is 6.54 Å². The minimum atomic E-state index is -0.199. The number of nitriles is 1. The Kier molecular flexibility index (Phi) is 4.00. The van der Waals surface area contributed by atoms with Gasteiger partial charge in [0.2, 0.25) is 0 Å². The van der Waals surface area contributed by atoms with Crippen LogP contribution in [-0.4, -0.2) is 26.6 Å². The van der Waals surface area contributed by atoms with Crippen LogP contribution in [0.25, 0.3) is 17.1 Å². The van der Waals surface area contributed by atoms with Crippen LogP contribution in [0.2, 0.25) is 0 Å². The lowest BCUT2D eigenvalue weighted by Crippen LogP contribution is -2.27. The first-order chi connectivity index (χ1) is 12.7. The average Bonchev–Trinajstić information content (AvgIpc) is 3.39. The van der Waals surface area contributed by atoms with Gasteiger partial charge < -0.3 is 14.3 Å². The molecule has 0 aliphatic carbocycles. The van der Waals surface area contributed by atoms with Crippen molar-refractivity contribution in [3.63, 3.8) is 0 Å². The molecule has 7 heteroatoms. The van der Waals surface area contributed by atoms with Crippen LogP contribution >= 0.6 is 0 Å². The van der Waals surface area contributed by atoms with Crippen molar-refractivity contribution >= 4 is 11.6 Å². The van der Waals surface area contributed by atoms with Gasteiger partial charge in [-0.25, -0.2) is 4.52 Å². The molecule has 0 saturated carbocycles. The van der Waals surface area contributed by atoms with E-state index in [0.29, 0.717) is 30.0 Å². The maximum atomic E-state index is 12.2. The molecule has 1 aromatic carbocycles. The molecular weight excluding hydrogens is 330 g/mol.